The fourth-order valence-corrected chi connectivity index (χ4v) is 2.94. The van der Waals surface area contributed by atoms with Crippen LogP contribution in [0.4, 0.5) is 0 Å². The van der Waals surface area contributed by atoms with Crippen LogP contribution in [0.1, 0.15) is 30.5 Å². The second-order valence-electron chi connectivity index (χ2n) is 6.76. The fraction of sp³-hybridized carbons (Fsp3) is 0.391. The Balaban J connectivity index is 1.98. The lowest BCUT2D eigenvalue weighted by molar-refractivity contribution is -0.130. The van der Waals surface area contributed by atoms with Crippen LogP contribution in [0.25, 0.3) is 0 Å². The minimum Gasteiger partial charge on any atom is -0.496 e. The van der Waals surface area contributed by atoms with Gasteiger partial charge in [0, 0.05) is 25.2 Å². The lowest BCUT2D eigenvalue weighted by Gasteiger charge is -2.22. The third-order valence-electron chi connectivity index (χ3n) is 4.55. The number of rotatable bonds is 9. The van der Waals surface area contributed by atoms with Crippen molar-refractivity contribution in [2.75, 3.05) is 26.7 Å². The van der Waals surface area contributed by atoms with Gasteiger partial charge in [0.05, 0.1) is 20.2 Å². The number of nitrogens with zero attached hydrogens (tertiary/aromatic N) is 2. The Hall–Kier alpha value is -3.02. The number of aliphatic imine (C=N–C) groups is 1. The van der Waals surface area contributed by atoms with Gasteiger partial charge in [0.2, 0.25) is 5.91 Å². The minimum absolute atomic E-state index is 0.0369. The number of carbonyl (C=O) groups is 1. The van der Waals surface area contributed by atoms with Crippen LogP contribution in [0.5, 0.6) is 5.75 Å². The highest BCUT2D eigenvalue weighted by Crippen LogP contribution is 2.20. The molecule has 6 nitrogen and oxygen atoms in total. The summed E-state index contributed by atoms with van der Waals surface area (Å²) in [6.07, 6.45) is 0. The molecule has 6 heteroatoms. The van der Waals surface area contributed by atoms with Crippen molar-refractivity contribution in [1.29, 1.82) is 0 Å². The predicted molar refractivity (Wildman–Crippen MR) is 118 cm³/mol. The van der Waals surface area contributed by atoms with Crippen molar-refractivity contribution in [3.05, 3.63) is 65.2 Å². The molecule has 2 N–H and O–H groups in total. The van der Waals surface area contributed by atoms with Crippen molar-refractivity contribution in [3.63, 3.8) is 0 Å². The summed E-state index contributed by atoms with van der Waals surface area (Å²) in [6, 6.07) is 16.1. The zero-order valence-electron chi connectivity index (χ0n) is 17.9. The van der Waals surface area contributed by atoms with Gasteiger partial charge in [-0.05, 0) is 38.0 Å². The fourth-order valence-electron chi connectivity index (χ4n) is 2.94. The average Bonchev–Trinajstić information content (AvgIpc) is 2.75. The second-order valence-corrected chi connectivity index (χ2v) is 6.76. The molecule has 0 unspecified atom stereocenters. The Morgan fingerprint density at radius 1 is 1.10 bits per heavy atom. The Morgan fingerprint density at radius 2 is 1.86 bits per heavy atom. The standard InChI is InChI=1S/C23H32N4O2/c1-5-24-23(25-15-20-13-12-18(3)14-21(20)29-4)26-16-22(28)27(6-2)17-19-10-8-7-9-11-19/h7-14H,5-6,15-17H2,1-4H3,(H2,24,25,26). The number of likely N-dealkylation sites (N-methyl/N-ethyl adjacent to an activating group) is 1. The van der Waals surface area contributed by atoms with Crippen LogP contribution in [0.15, 0.2) is 53.5 Å². The Labute approximate surface area is 174 Å². The van der Waals surface area contributed by atoms with E-state index in [0.29, 0.717) is 32.1 Å². The first kappa shape index (κ1) is 22.3. The highest BCUT2D eigenvalue weighted by molar-refractivity contribution is 5.86. The molecule has 2 aromatic carbocycles. The van der Waals surface area contributed by atoms with Crippen molar-refractivity contribution in [1.82, 2.24) is 15.5 Å². The molecule has 0 radical (unpaired) electrons. The molecule has 0 atom stereocenters. The lowest BCUT2D eigenvalue weighted by atomic mass is 10.1. The van der Waals surface area contributed by atoms with Gasteiger partial charge >= 0.3 is 0 Å². The van der Waals surface area contributed by atoms with Gasteiger partial charge in [-0.25, -0.2) is 4.99 Å². The number of aryl methyl sites for hydroxylation is 1. The first-order chi connectivity index (χ1) is 14.1. The summed E-state index contributed by atoms with van der Waals surface area (Å²) in [7, 11) is 1.66. The summed E-state index contributed by atoms with van der Waals surface area (Å²) in [5, 5.41) is 6.34. The molecule has 0 spiro atoms. The number of ether oxygens (including phenoxy) is 1. The number of benzene rings is 2. The molecule has 0 aliphatic heterocycles. The maximum Gasteiger partial charge on any atom is 0.242 e. The van der Waals surface area contributed by atoms with E-state index in [0.717, 1.165) is 22.4 Å². The number of carbonyl (C=O) groups excluding carboxylic acids is 1. The molecule has 0 saturated carbocycles. The van der Waals surface area contributed by atoms with E-state index >= 15 is 0 Å². The van der Waals surface area contributed by atoms with Gasteiger partial charge in [0.25, 0.3) is 0 Å². The van der Waals surface area contributed by atoms with Crippen LogP contribution < -0.4 is 15.4 Å². The third-order valence-corrected chi connectivity index (χ3v) is 4.55. The molecule has 156 valence electrons. The maximum absolute atomic E-state index is 12.7. The van der Waals surface area contributed by atoms with Crippen LogP contribution in [0.2, 0.25) is 0 Å². The highest BCUT2D eigenvalue weighted by Gasteiger charge is 2.13. The van der Waals surface area contributed by atoms with Gasteiger partial charge in [-0.1, -0.05) is 42.5 Å². The summed E-state index contributed by atoms with van der Waals surface area (Å²) in [6.45, 7) is 8.65. The third kappa shape index (κ3) is 7.14. The number of hydrogen-bond donors (Lipinski definition) is 2. The van der Waals surface area contributed by atoms with Crippen LogP contribution >= 0.6 is 0 Å². The molecular weight excluding hydrogens is 364 g/mol. The largest absolute Gasteiger partial charge is 0.496 e. The first-order valence-corrected chi connectivity index (χ1v) is 10.0. The van der Waals surface area contributed by atoms with Gasteiger partial charge in [-0.15, -0.1) is 0 Å². The van der Waals surface area contributed by atoms with E-state index in [-0.39, 0.29) is 12.5 Å². The van der Waals surface area contributed by atoms with Crippen LogP contribution in [0.3, 0.4) is 0 Å². The van der Waals surface area contributed by atoms with Crippen molar-refractivity contribution in [3.8, 4) is 5.75 Å². The van der Waals surface area contributed by atoms with E-state index in [1.165, 1.54) is 0 Å². The van der Waals surface area contributed by atoms with Gasteiger partial charge in [-0.2, -0.15) is 0 Å². The first-order valence-electron chi connectivity index (χ1n) is 10.0. The molecule has 0 bridgehead atoms. The van der Waals surface area contributed by atoms with E-state index < -0.39 is 0 Å². The van der Waals surface area contributed by atoms with Gasteiger partial charge < -0.3 is 20.3 Å². The number of nitrogens with one attached hydrogen (secondary N) is 2. The van der Waals surface area contributed by atoms with E-state index in [4.69, 9.17) is 4.74 Å². The molecular formula is C23H32N4O2. The number of amides is 1. The molecule has 0 aromatic heterocycles. The zero-order valence-corrected chi connectivity index (χ0v) is 17.9. The Kier molecular flexibility index (Phi) is 9.02. The van der Waals surface area contributed by atoms with E-state index in [9.17, 15) is 4.79 Å². The van der Waals surface area contributed by atoms with Gasteiger partial charge in [-0.3, -0.25) is 4.79 Å². The summed E-state index contributed by atoms with van der Waals surface area (Å²) in [4.78, 5) is 19.1. The van der Waals surface area contributed by atoms with Crippen molar-refractivity contribution in [2.24, 2.45) is 4.99 Å². The molecule has 2 rings (SSSR count). The molecule has 0 fully saturated rings. The molecule has 1 amide bonds. The second kappa shape index (κ2) is 11.7. The molecule has 0 heterocycles. The predicted octanol–water partition coefficient (Wildman–Crippen LogP) is 3.11. The number of guanidine groups is 1. The van der Waals surface area contributed by atoms with Gasteiger partial charge in [0.15, 0.2) is 5.96 Å². The average molecular weight is 397 g/mol. The van der Waals surface area contributed by atoms with Crippen molar-refractivity contribution >= 4 is 11.9 Å². The minimum atomic E-state index is 0.0369. The highest BCUT2D eigenvalue weighted by atomic mass is 16.5. The summed E-state index contributed by atoms with van der Waals surface area (Å²) in [5.41, 5.74) is 3.26. The quantitative estimate of drug-likeness (QED) is 0.505. The molecule has 0 saturated heterocycles. The number of methoxy groups -OCH3 is 1. The molecule has 0 aliphatic rings. The van der Waals surface area contributed by atoms with Crippen LogP contribution in [-0.2, 0) is 17.9 Å². The summed E-state index contributed by atoms with van der Waals surface area (Å²) in [5.74, 6) is 1.47. The van der Waals surface area contributed by atoms with Crippen LogP contribution in [0, 0.1) is 6.92 Å². The number of hydrogen-bond acceptors (Lipinski definition) is 3. The van der Waals surface area contributed by atoms with E-state index in [1.54, 1.807) is 7.11 Å². The Morgan fingerprint density at radius 3 is 2.52 bits per heavy atom. The molecule has 2 aromatic rings. The summed E-state index contributed by atoms with van der Waals surface area (Å²) < 4.78 is 5.45. The van der Waals surface area contributed by atoms with Crippen molar-refractivity contribution < 1.29 is 9.53 Å². The van der Waals surface area contributed by atoms with Crippen LogP contribution in [-0.4, -0.2) is 43.5 Å². The van der Waals surface area contributed by atoms with Crippen molar-refractivity contribution in [2.45, 2.75) is 33.9 Å². The summed E-state index contributed by atoms with van der Waals surface area (Å²) >= 11 is 0. The van der Waals surface area contributed by atoms with Gasteiger partial charge in [0.1, 0.15) is 5.75 Å². The zero-order chi connectivity index (χ0) is 21.1. The SMILES string of the molecule is CCNC(=NCc1ccc(C)cc1OC)NCC(=O)N(CC)Cc1ccccc1. The smallest absolute Gasteiger partial charge is 0.242 e. The Bertz CT molecular complexity index is 806. The molecule has 0 aliphatic carbocycles. The van der Waals surface area contributed by atoms with E-state index in [1.807, 2.05) is 74.2 Å². The normalized spacial score (nSPS) is 11.1. The maximum atomic E-state index is 12.7. The topological polar surface area (TPSA) is 66.0 Å². The van der Waals surface area contributed by atoms with E-state index in [2.05, 4.69) is 15.6 Å². The molecule has 29 heavy (non-hydrogen) atoms. The monoisotopic (exact) mass is 396 g/mol. The lowest BCUT2D eigenvalue weighted by Crippen LogP contribution is -2.44.